The van der Waals surface area contributed by atoms with Crippen molar-refractivity contribution in [2.24, 2.45) is 0 Å². The zero-order chi connectivity index (χ0) is 26.7. The molecule has 4 rings (SSSR count). The normalized spacial score (nSPS) is 11.6. The first-order valence-electron chi connectivity index (χ1n) is 11.3. The van der Waals surface area contributed by atoms with Crippen LogP contribution in [0.25, 0.3) is 22.6 Å². The number of oxazole rings is 1. The third-order valence-corrected chi connectivity index (χ3v) is 5.11. The van der Waals surface area contributed by atoms with E-state index in [1.54, 1.807) is 26.0 Å². The van der Waals surface area contributed by atoms with Gasteiger partial charge in [-0.1, -0.05) is 0 Å². The Morgan fingerprint density at radius 1 is 0.973 bits per heavy atom. The number of hydrogen-bond donors (Lipinski definition) is 1. The van der Waals surface area contributed by atoms with E-state index in [1.165, 1.54) is 36.7 Å². The number of rotatable bonds is 8. The maximum atomic E-state index is 12.6. The van der Waals surface area contributed by atoms with E-state index in [0.29, 0.717) is 28.1 Å². The molecule has 0 unspecified atom stereocenters. The summed E-state index contributed by atoms with van der Waals surface area (Å²) in [5.74, 6) is 0.847. The van der Waals surface area contributed by atoms with Gasteiger partial charge in [0, 0.05) is 23.5 Å². The molecule has 2 aromatic heterocycles. The molecule has 0 radical (unpaired) electrons. The number of hydrogen-bond acceptors (Lipinski definition) is 8. The smallest absolute Gasteiger partial charge is 0.508 e. The van der Waals surface area contributed by atoms with E-state index in [0.717, 1.165) is 5.56 Å². The molecule has 194 valence electrons. The van der Waals surface area contributed by atoms with Crippen LogP contribution in [0.15, 0.2) is 53.2 Å². The third kappa shape index (κ3) is 6.49. The van der Waals surface area contributed by atoms with Gasteiger partial charge in [0.1, 0.15) is 22.9 Å². The number of ether oxygens (including phenoxy) is 3. The fraction of sp³-hybridized carbons (Fsp3) is 0.269. The Labute approximate surface area is 210 Å². The molecule has 0 saturated heterocycles. The van der Waals surface area contributed by atoms with Gasteiger partial charge < -0.3 is 23.7 Å². The molecule has 0 fully saturated rings. The molecule has 4 aromatic rings. The van der Waals surface area contributed by atoms with Crippen LogP contribution in [0.2, 0.25) is 0 Å². The lowest BCUT2D eigenvalue weighted by Crippen LogP contribution is -2.16. The Bertz CT molecular complexity index is 1370. The highest BCUT2D eigenvalue weighted by Crippen LogP contribution is 2.35. The number of aromatic nitrogens is 3. The molecule has 2 heterocycles. The summed E-state index contributed by atoms with van der Waals surface area (Å²) in [7, 11) is 0. The Balaban J connectivity index is 1.66. The lowest BCUT2D eigenvalue weighted by molar-refractivity contribution is -0.274. The Hall–Kier alpha value is -4.28. The predicted molar refractivity (Wildman–Crippen MR) is 127 cm³/mol. The summed E-state index contributed by atoms with van der Waals surface area (Å²) in [6.07, 6.45) is -1.87. The summed E-state index contributed by atoms with van der Waals surface area (Å²) in [5.41, 5.74) is 2.72. The molecule has 0 amide bonds. The van der Waals surface area contributed by atoms with Crippen LogP contribution in [-0.4, -0.2) is 32.5 Å². The molecule has 8 nitrogen and oxygen atoms in total. The highest BCUT2D eigenvalue weighted by molar-refractivity contribution is 5.76. The number of alkyl halides is 3. The first-order valence-corrected chi connectivity index (χ1v) is 11.3. The average molecular weight is 515 g/mol. The maximum Gasteiger partial charge on any atom is 0.573 e. The van der Waals surface area contributed by atoms with Crippen molar-refractivity contribution in [2.75, 3.05) is 0 Å². The van der Waals surface area contributed by atoms with Gasteiger partial charge in [0.25, 0.3) is 0 Å². The number of aryl methyl sites for hydroxylation is 2. The van der Waals surface area contributed by atoms with Gasteiger partial charge in [-0.25, -0.2) is 15.0 Å². The van der Waals surface area contributed by atoms with Crippen LogP contribution in [0, 0.1) is 13.8 Å². The molecule has 37 heavy (non-hydrogen) atoms. The zero-order valence-electron chi connectivity index (χ0n) is 20.5. The number of aromatic hydroxyl groups is 1. The number of phenolic OH excluding ortho intramolecular Hbond substituents is 1. The Morgan fingerprint density at radius 2 is 1.65 bits per heavy atom. The predicted octanol–water partition coefficient (Wildman–Crippen LogP) is 6.39. The minimum absolute atomic E-state index is 0.0390. The van der Waals surface area contributed by atoms with E-state index >= 15 is 0 Å². The molecule has 11 heteroatoms. The number of nitrogens with zero attached hydrogens (tertiary/aromatic N) is 3. The lowest BCUT2D eigenvalue weighted by atomic mass is 10.1. The van der Waals surface area contributed by atoms with Gasteiger partial charge in [0.2, 0.25) is 5.89 Å². The third-order valence-electron chi connectivity index (χ3n) is 5.11. The summed E-state index contributed by atoms with van der Waals surface area (Å²) in [4.78, 5) is 12.9. The first kappa shape index (κ1) is 25.8. The van der Waals surface area contributed by atoms with Crippen molar-refractivity contribution >= 4 is 0 Å². The van der Waals surface area contributed by atoms with E-state index in [2.05, 4.69) is 19.7 Å². The zero-order valence-corrected chi connectivity index (χ0v) is 20.5. The van der Waals surface area contributed by atoms with Gasteiger partial charge in [0.15, 0.2) is 12.4 Å². The van der Waals surface area contributed by atoms with E-state index < -0.39 is 6.36 Å². The average Bonchev–Trinajstić information content (AvgIpc) is 3.24. The van der Waals surface area contributed by atoms with Crippen molar-refractivity contribution in [1.82, 2.24) is 15.0 Å². The fourth-order valence-corrected chi connectivity index (χ4v) is 3.41. The van der Waals surface area contributed by atoms with Gasteiger partial charge in [-0.3, -0.25) is 0 Å². The van der Waals surface area contributed by atoms with Crippen LogP contribution in [0.5, 0.6) is 23.3 Å². The molecule has 0 atom stereocenters. The summed E-state index contributed by atoms with van der Waals surface area (Å²) < 4.78 is 59.0. The monoisotopic (exact) mass is 515 g/mol. The highest BCUT2D eigenvalue weighted by Gasteiger charge is 2.31. The van der Waals surface area contributed by atoms with Gasteiger partial charge in [-0.05, 0) is 75.2 Å². The van der Waals surface area contributed by atoms with Gasteiger partial charge in [-0.15, -0.1) is 13.2 Å². The summed E-state index contributed by atoms with van der Waals surface area (Å²) in [6, 6.07) is 8.73. The molecule has 0 saturated carbocycles. The molecule has 0 aliphatic heterocycles. The van der Waals surface area contributed by atoms with E-state index in [-0.39, 0.29) is 41.9 Å². The first-order chi connectivity index (χ1) is 17.5. The number of benzene rings is 2. The molecule has 0 spiro atoms. The quantitative estimate of drug-likeness (QED) is 0.288. The van der Waals surface area contributed by atoms with Crippen LogP contribution in [0.1, 0.15) is 30.9 Å². The van der Waals surface area contributed by atoms with E-state index in [1.807, 2.05) is 13.8 Å². The van der Waals surface area contributed by atoms with Gasteiger partial charge in [-0.2, -0.15) is 0 Å². The molecule has 1 N–H and O–H groups in total. The van der Waals surface area contributed by atoms with Crippen molar-refractivity contribution in [3.05, 3.63) is 65.8 Å². The van der Waals surface area contributed by atoms with Gasteiger partial charge in [0.05, 0.1) is 6.10 Å². The largest absolute Gasteiger partial charge is 0.573 e. The fourth-order valence-electron chi connectivity index (χ4n) is 3.41. The Kier molecular flexibility index (Phi) is 7.23. The second kappa shape index (κ2) is 10.4. The molecule has 2 aromatic carbocycles. The minimum atomic E-state index is -4.80. The maximum absolute atomic E-state index is 12.6. The highest BCUT2D eigenvalue weighted by atomic mass is 19.4. The van der Waals surface area contributed by atoms with Crippen LogP contribution < -0.4 is 14.2 Å². The number of halogens is 3. The number of phenols is 1. The second-order valence-electron chi connectivity index (χ2n) is 8.47. The van der Waals surface area contributed by atoms with Gasteiger partial charge >= 0.3 is 12.4 Å². The van der Waals surface area contributed by atoms with Crippen molar-refractivity contribution in [1.29, 1.82) is 0 Å². The molecular weight excluding hydrogens is 491 g/mol. The Morgan fingerprint density at radius 3 is 2.27 bits per heavy atom. The van der Waals surface area contributed by atoms with Crippen molar-refractivity contribution < 1.29 is 36.9 Å². The van der Waals surface area contributed by atoms with Crippen LogP contribution in [0.3, 0.4) is 0 Å². The van der Waals surface area contributed by atoms with E-state index in [4.69, 9.17) is 13.9 Å². The lowest BCUT2D eigenvalue weighted by Gasteiger charge is -2.09. The van der Waals surface area contributed by atoms with Crippen molar-refractivity contribution in [3.8, 4) is 45.8 Å². The summed E-state index contributed by atoms with van der Waals surface area (Å²) in [5, 5.41) is 9.87. The van der Waals surface area contributed by atoms with Crippen molar-refractivity contribution in [2.45, 2.75) is 46.8 Å². The standard InChI is InChI=1S/C26H24F3N3O5/c1-14(2)35-25-30-11-18(12-31-25)23-24(17-5-7-19(8-6-17)37-26(27,28)29)36-22(32-23)13-34-21-10-15(3)20(33)9-16(21)4/h5-12,14,33H,13H2,1-4H3. The molecule has 0 aliphatic rings. The second-order valence-corrected chi connectivity index (χ2v) is 8.47. The topological polar surface area (TPSA) is 99.7 Å². The molecule has 0 aliphatic carbocycles. The SMILES string of the molecule is Cc1cc(OCc2nc(-c3cnc(OC(C)C)nc3)c(-c3ccc(OC(F)(F)F)cc3)o2)c(C)cc1O. The molecule has 0 bridgehead atoms. The van der Waals surface area contributed by atoms with Crippen LogP contribution in [-0.2, 0) is 6.61 Å². The van der Waals surface area contributed by atoms with Crippen LogP contribution in [0.4, 0.5) is 13.2 Å². The summed E-state index contributed by atoms with van der Waals surface area (Å²) >= 11 is 0. The molecular formula is C26H24F3N3O5. The van der Waals surface area contributed by atoms with Crippen LogP contribution >= 0.6 is 0 Å². The minimum Gasteiger partial charge on any atom is -0.508 e. The van der Waals surface area contributed by atoms with E-state index in [9.17, 15) is 18.3 Å². The summed E-state index contributed by atoms with van der Waals surface area (Å²) in [6.45, 7) is 7.21. The van der Waals surface area contributed by atoms with Crippen molar-refractivity contribution in [3.63, 3.8) is 0 Å².